The summed E-state index contributed by atoms with van der Waals surface area (Å²) in [5.41, 5.74) is 0. The van der Waals surface area contributed by atoms with Crippen molar-refractivity contribution in [1.82, 2.24) is 10.2 Å². The van der Waals surface area contributed by atoms with Gasteiger partial charge in [0.15, 0.2) is 0 Å². The van der Waals surface area contributed by atoms with Gasteiger partial charge in [-0.1, -0.05) is 13.8 Å². The van der Waals surface area contributed by atoms with Crippen molar-refractivity contribution in [2.75, 3.05) is 19.6 Å². The van der Waals surface area contributed by atoms with E-state index in [0.29, 0.717) is 17.9 Å². The molecule has 0 aromatic carbocycles. The number of hydrogen-bond acceptors (Lipinski definition) is 2. The highest BCUT2D eigenvalue weighted by Crippen LogP contribution is 2.25. The van der Waals surface area contributed by atoms with Crippen LogP contribution in [-0.4, -0.2) is 36.5 Å². The van der Waals surface area contributed by atoms with Crippen molar-refractivity contribution in [3.63, 3.8) is 0 Å². The lowest BCUT2D eigenvalue weighted by molar-refractivity contribution is -0.142. The van der Waals surface area contributed by atoms with Gasteiger partial charge in [-0.2, -0.15) is 0 Å². The lowest BCUT2D eigenvalue weighted by Crippen LogP contribution is -2.56. The topological polar surface area (TPSA) is 32.3 Å². The van der Waals surface area contributed by atoms with Crippen LogP contribution in [0.3, 0.4) is 0 Å². The Bertz CT molecular complexity index is 236. The van der Waals surface area contributed by atoms with E-state index in [1.54, 1.807) is 0 Å². The molecule has 3 heteroatoms. The molecule has 0 aromatic rings. The minimum Gasteiger partial charge on any atom is -0.339 e. The summed E-state index contributed by atoms with van der Waals surface area (Å²) < 4.78 is 0. The Morgan fingerprint density at radius 2 is 2.07 bits per heavy atom. The van der Waals surface area contributed by atoms with Gasteiger partial charge in [0, 0.05) is 25.7 Å². The summed E-state index contributed by atoms with van der Waals surface area (Å²) in [6, 6.07) is 0.492. The molecular formula is C12H22N2O. The van der Waals surface area contributed by atoms with Crippen LogP contribution in [0.4, 0.5) is 0 Å². The SMILES string of the molecule is CC(C)C1CCCCN1C(=O)C1CNC1. The molecule has 3 nitrogen and oxygen atoms in total. The molecule has 0 aromatic heterocycles. The van der Waals surface area contributed by atoms with Gasteiger partial charge in [0.2, 0.25) is 5.91 Å². The monoisotopic (exact) mass is 210 g/mol. The van der Waals surface area contributed by atoms with Gasteiger partial charge in [0.25, 0.3) is 0 Å². The molecule has 86 valence electrons. The van der Waals surface area contributed by atoms with E-state index in [1.807, 2.05) is 0 Å². The molecular weight excluding hydrogens is 188 g/mol. The third-order valence-electron chi connectivity index (χ3n) is 3.73. The first kappa shape index (κ1) is 10.9. The maximum absolute atomic E-state index is 12.2. The smallest absolute Gasteiger partial charge is 0.228 e. The van der Waals surface area contributed by atoms with Crippen LogP contribution in [0.5, 0.6) is 0 Å². The lowest BCUT2D eigenvalue weighted by Gasteiger charge is -2.41. The number of carbonyl (C=O) groups excluding carboxylic acids is 1. The molecule has 1 atom stereocenters. The molecule has 15 heavy (non-hydrogen) atoms. The maximum Gasteiger partial charge on any atom is 0.228 e. The van der Waals surface area contributed by atoms with Gasteiger partial charge in [-0.05, 0) is 25.2 Å². The summed E-state index contributed by atoms with van der Waals surface area (Å²) in [7, 11) is 0. The number of carbonyl (C=O) groups is 1. The molecule has 2 fully saturated rings. The number of nitrogens with zero attached hydrogens (tertiary/aromatic N) is 1. The Labute approximate surface area is 92.2 Å². The molecule has 1 N–H and O–H groups in total. The van der Waals surface area contributed by atoms with Crippen molar-refractivity contribution in [3.8, 4) is 0 Å². The van der Waals surface area contributed by atoms with Crippen molar-refractivity contribution < 1.29 is 4.79 Å². The zero-order valence-electron chi connectivity index (χ0n) is 9.83. The van der Waals surface area contributed by atoms with Crippen LogP contribution in [0, 0.1) is 11.8 Å². The van der Waals surface area contributed by atoms with Crippen molar-refractivity contribution in [1.29, 1.82) is 0 Å². The van der Waals surface area contributed by atoms with Crippen LogP contribution < -0.4 is 5.32 Å². The Morgan fingerprint density at radius 1 is 1.33 bits per heavy atom. The molecule has 2 saturated heterocycles. The molecule has 0 spiro atoms. The summed E-state index contributed by atoms with van der Waals surface area (Å²) in [5.74, 6) is 1.26. The minimum atomic E-state index is 0.268. The van der Waals surface area contributed by atoms with E-state index in [-0.39, 0.29) is 5.92 Å². The fourth-order valence-corrected chi connectivity index (χ4v) is 2.62. The van der Waals surface area contributed by atoms with Crippen molar-refractivity contribution >= 4 is 5.91 Å². The van der Waals surface area contributed by atoms with Gasteiger partial charge >= 0.3 is 0 Å². The quantitative estimate of drug-likeness (QED) is 0.744. The molecule has 0 bridgehead atoms. The molecule has 2 heterocycles. The predicted octanol–water partition coefficient (Wildman–Crippen LogP) is 1.24. The molecule has 2 rings (SSSR count). The van der Waals surface area contributed by atoms with E-state index < -0.39 is 0 Å². The summed E-state index contributed by atoms with van der Waals surface area (Å²) in [4.78, 5) is 14.3. The summed E-state index contributed by atoms with van der Waals surface area (Å²) in [6.45, 7) is 7.23. The molecule has 1 amide bonds. The van der Waals surface area contributed by atoms with Crippen LogP contribution >= 0.6 is 0 Å². The van der Waals surface area contributed by atoms with E-state index in [9.17, 15) is 4.79 Å². The van der Waals surface area contributed by atoms with E-state index >= 15 is 0 Å². The van der Waals surface area contributed by atoms with E-state index in [2.05, 4.69) is 24.1 Å². The Balaban J connectivity index is 1.99. The Morgan fingerprint density at radius 3 is 2.60 bits per heavy atom. The van der Waals surface area contributed by atoms with Crippen molar-refractivity contribution in [2.24, 2.45) is 11.8 Å². The van der Waals surface area contributed by atoms with Gasteiger partial charge in [0.1, 0.15) is 0 Å². The van der Waals surface area contributed by atoms with Gasteiger partial charge in [-0.15, -0.1) is 0 Å². The van der Waals surface area contributed by atoms with E-state index in [0.717, 1.165) is 19.6 Å². The lowest BCUT2D eigenvalue weighted by atomic mass is 9.90. The van der Waals surface area contributed by atoms with E-state index in [4.69, 9.17) is 0 Å². The first-order chi connectivity index (χ1) is 7.20. The Kier molecular flexibility index (Phi) is 3.29. The first-order valence-electron chi connectivity index (χ1n) is 6.21. The zero-order valence-corrected chi connectivity index (χ0v) is 9.83. The summed E-state index contributed by atoms with van der Waals surface area (Å²) >= 11 is 0. The Hall–Kier alpha value is -0.570. The second kappa shape index (κ2) is 4.52. The number of rotatable bonds is 2. The average molecular weight is 210 g/mol. The number of nitrogens with one attached hydrogen (secondary N) is 1. The third kappa shape index (κ3) is 2.17. The van der Waals surface area contributed by atoms with Crippen molar-refractivity contribution in [2.45, 2.75) is 39.2 Å². The van der Waals surface area contributed by atoms with Gasteiger partial charge in [-0.25, -0.2) is 0 Å². The highest BCUT2D eigenvalue weighted by molar-refractivity contribution is 5.80. The largest absolute Gasteiger partial charge is 0.339 e. The number of hydrogen-bond donors (Lipinski definition) is 1. The second-order valence-corrected chi connectivity index (χ2v) is 5.19. The minimum absolute atomic E-state index is 0.268. The van der Waals surface area contributed by atoms with Gasteiger partial charge in [0.05, 0.1) is 5.92 Å². The second-order valence-electron chi connectivity index (χ2n) is 5.19. The van der Waals surface area contributed by atoms with Crippen LogP contribution in [0.15, 0.2) is 0 Å². The van der Waals surface area contributed by atoms with Crippen LogP contribution in [0.2, 0.25) is 0 Å². The number of amides is 1. The maximum atomic E-state index is 12.2. The highest BCUT2D eigenvalue weighted by Gasteiger charge is 2.35. The molecule has 1 unspecified atom stereocenters. The molecule has 2 aliphatic heterocycles. The summed E-state index contributed by atoms with van der Waals surface area (Å²) in [5, 5.41) is 3.18. The average Bonchev–Trinajstić information content (AvgIpc) is 2.15. The highest BCUT2D eigenvalue weighted by atomic mass is 16.2. The van der Waals surface area contributed by atoms with Gasteiger partial charge in [-0.3, -0.25) is 4.79 Å². The third-order valence-corrected chi connectivity index (χ3v) is 3.73. The van der Waals surface area contributed by atoms with Crippen LogP contribution in [0.25, 0.3) is 0 Å². The van der Waals surface area contributed by atoms with Crippen LogP contribution in [0.1, 0.15) is 33.1 Å². The van der Waals surface area contributed by atoms with Crippen LogP contribution in [-0.2, 0) is 4.79 Å². The fraction of sp³-hybridized carbons (Fsp3) is 0.917. The zero-order chi connectivity index (χ0) is 10.8. The molecule has 0 radical (unpaired) electrons. The molecule has 2 aliphatic rings. The molecule has 0 aliphatic carbocycles. The molecule has 0 saturated carbocycles. The normalized spacial score (nSPS) is 27.9. The number of piperidine rings is 1. The predicted molar refractivity (Wildman–Crippen MR) is 60.5 cm³/mol. The summed E-state index contributed by atoms with van der Waals surface area (Å²) in [6.07, 6.45) is 3.67. The fourth-order valence-electron chi connectivity index (χ4n) is 2.62. The standard InChI is InChI=1S/C12H22N2O/c1-9(2)11-5-3-4-6-14(11)12(15)10-7-13-8-10/h9-11,13H,3-8H2,1-2H3. The number of likely N-dealkylation sites (tertiary alicyclic amines) is 1. The van der Waals surface area contributed by atoms with Gasteiger partial charge < -0.3 is 10.2 Å². The first-order valence-corrected chi connectivity index (χ1v) is 6.21. The van der Waals surface area contributed by atoms with Crippen molar-refractivity contribution in [3.05, 3.63) is 0 Å². The van der Waals surface area contributed by atoms with E-state index in [1.165, 1.54) is 19.3 Å².